The normalized spacial score (nSPS) is 11.4. The van der Waals surface area contributed by atoms with Gasteiger partial charge in [0.25, 0.3) is 5.56 Å². The number of nitrogens with zero attached hydrogens (tertiary/aromatic N) is 5. The van der Waals surface area contributed by atoms with Gasteiger partial charge in [0.2, 0.25) is 0 Å². The first-order valence-electron chi connectivity index (χ1n) is 10.2. The van der Waals surface area contributed by atoms with E-state index in [-0.39, 0.29) is 5.56 Å². The number of hydrogen-bond donors (Lipinski definition) is 0. The third-order valence-corrected chi connectivity index (χ3v) is 6.25. The second-order valence-electron chi connectivity index (χ2n) is 7.36. The van der Waals surface area contributed by atoms with E-state index in [4.69, 9.17) is 5.10 Å². The molecule has 0 fully saturated rings. The zero-order valence-electron chi connectivity index (χ0n) is 17.7. The molecule has 5 rings (SSSR count). The highest BCUT2D eigenvalue weighted by molar-refractivity contribution is 7.13. The Labute approximate surface area is 189 Å². The van der Waals surface area contributed by atoms with Gasteiger partial charge in [0.05, 0.1) is 21.9 Å². The molecule has 2 aromatic carbocycles. The number of para-hydroxylation sites is 2. The van der Waals surface area contributed by atoms with Gasteiger partial charge in [0.1, 0.15) is 5.69 Å². The van der Waals surface area contributed by atoms with E-state index < -0.39 is 0 Å². The van der Waals surface area contributed by atoms with E-state index in [9.17, 15) is 4.79 Å². The summed E-state index contributed by atoms with van der Waals surface area (Å²) >= 11 is 1.62. The number of hydrogen-bond acceptors (Lipinski definition) is 4. The predicted octanol–water partition coefficient (Wildman–Crippen LogP) is 5.15. The van der Waals surface area contributed by atoms with Crippen LogP contribution in [0.25, 0.3) is 21.9 Å². The Morgan fingerprint density at radius 3 is 2.28 bits per heavy atom. The van der Waals surface area contributed by atoms with Gasteiger partial charge in [-0.25, -0.2) is 14.4 Å². The lowest BCUT2D eigenvalue weighted by atomic mass is 10.2. The van der Waals surface area contributed by atoms with Crippen molar-refractivity contribution in [2.45, 2.75) is 6.92 Å². The minimum absolute atomic E-state index is 0.152. The van der Waals surface area contributed by atoms with Crippen molar-refractivity contribution >= 4 is 23.2 Å². The van der Waals surface area contributed by atoms with Crippen LogP contribution in [-0.4, -0.2) is 25.4 Å². The fraction of sp³-hybridized carbons (Fsp3) is 0.0800. The molecule has 158 valence electrons. The molecular weight excluding hydrogens is 418 g/mol. The minimum Gasteiger partial charge on any atom is -0.283 e. The van der Waals surface area contributed by atoms with Crippen molar-refractivity contribution in [3.63, 3.8) is 0 Å². The smallest absolute Gasteiger partial charge is 0.283 e. The molecule has 32 heavy (non-hydrogen) atoms. The molecule has 6 nitrogen and oxygen atoms in total. The van der Waals surface area contributed by atoms with E-state index in [2.05, 4.69) is 4.99 Å². The average molecular weight is 440 g/mol. The van der Waals surface area contributed by atoms with Gasteiger partial charge in [0.15, 0.2) is 5.69 Å². The lowest BCUT2D eigenvalue weighted by Crippen LogP contribution is -2.19. The molecule has 3 heterocycles. The largest absolute Gasteiger partial charge is 0.297 e. The predicted molar refractivity (Wildman–Crippen MR) is 130 cm³/mol. The molecule has 0 saturated carbocycles. The van der Waals surface area contributed by atoms with Gasteiger partial charge in [-0.3, -0.25) is 9.48 Å². The van der Waals surface area contributed by atoms with Gasteiger partial charge in [-0.1, -0.05) is 42.5 Å². The summed E-state index contributed by atoms with van der Waals surface area (Å²) in [6.45, 7) is 1.90. The van der Waals surface area contributed by atoms with Gasteiger partial charge in [-0.2, -0.15) is 5.10 Å². The van der Waals surface area contributed by atoms with Crippen LogP contribution in [0.1, 0.15) is 11.3 Å². The van der Waals surface area contributed by atoms with Crippen LogP contribution in [0.3, 0.4) is 0 Å². The Morgan fingerprint density at radius 2 is 1.62 bits per heavy atom. The second kappa shape index (κ2) is 8.28. The summed E-state index contributed by atoms with van der Waals surface area (Å²) in [6, 6.07) is 23.6. The maximum absolute atomic E-state index is 13.2. The first-order chi connectivity index (χ1) is 15.6. The number of aliphatic imine (C=N–C) groups is 1. The monoisotopic (exact) mass is 439 g/mol. The quantitative estimate of drug-likeness (QED) is 0.356. The summed E-state index contributed by atoms with van der Waals surface area (Å²) < 4.78 is 5.31. The third-order valence-electron chi connectivity index (χ3n) is 5.37. The summed E-state index contributed by atoms with van der Waals surface area (Å²) in [5.41, 5.74) is 4.52. The zero-order chi connectivity index (χ0) is 22.1. The van der Waals surface area contributed by atoms with Crippen molar-refractivity contribution < 1.29 is 0 Å². The molecule has 0 unspecified atom stereocenters. The summed E-state index contributed by atoms with van der Waals surface area (Å²) in [6.07, 6.45) is 3.68. The van der Waals surface area contributed by atoms with Crippen LogP contribution in [0.5, 0.6) is 0 Å². The third kappa shape index (κ3) is 3.52. The van der Waals surface area contributed by atoms with E-state index in [1.54, 1.807) is 22.2 Å². The van der Waals surface area contributed by atoms with Crippen molar-refractivity contribution in [2.75, 3.05) is 0 Å². The van der Waals surface area contributed by atoms with Crippen LogP contribution in [-0.2, 0) is 7.05 Å². The van der Waals surface area contributed by atoms with Crippen LogP contribution >= 0.6 is 11.3 Å². The van der Waals surface area contributed by atoms with Crippen molar-refractivity contribution in [3.05, 3.63) is 106 Å². The molecule has 0 aliphatic rings. The second-order valence-corrected chi connectivity index (χ2v) is 8.31. The van der Waals surface area contributed by atoms with Crippen LogP contribution in [0.15, 0.2) is 94.2 Å². The molecule has 0 spiro atoms. The summed E-state index contributed by atoms with van der Waals surface area (Å²) in [7, 11) is 1.87. The Bertz CT molecular complexity index is 1440. The lowest BCUT2D eigenvalue weighted by molar-refractivity contribution is 0.630. The molecule has 0 aliphatic carbocycles. The highest BCUT2D eigenvalue weighted by Crippen LogP contribution is 2.27. The van der Waals surface area contributed by atoms with Crippen molar-refractivity contribution in [1.82, 2.24) is 19.1 Å². The van der Waals surface area contributed by atoms with Gasteiger partial charge in [-0.05, 0) is 42.6 Å². The number of benzene rings is 2. The summed E-state index contributed by atoms with van der Waals surface area (Å²) in [5.74, 6) is 0. The Hall–Kier alpha value is -3.97. The van der Waals surface area contributed by atoms with Crippen LogP contribution < -0.4 is 5.56 Å². The Morgan fingerprint density at radius 1 is 0.938 bits per heavy atom. The molecule has 0 aliphatic heterocycles. The molecule has 5 aromatic rings. The average Bonchev–Trinajstić information content (AvgIpc) is 3.54. The van der Waals surface area contributed by atoms with Crippen LogP contribution in [0.2, 0.25) is 0 Å². The van der Waals surface area contributed by atoms with Gasteiger partial charge in [0, 0.05) is 25.0 Å². The molecule has 3 aromatic heterocycles. The molecule has 0 N–H and O–H groups in total. The van der Waals surface area contributed by atoms with Crippen LogP contribution in [0, 0.1) is 6.92 Å². The SMILES string of the molecule is Cc1c(N=Cc2cn(-c3ccccc3)nc2-c2cccs2)c(=O)n(-c2ccccc2)n1C. The first kappa shape index (κ1) is 20.0. The fourth-order valence-corrected chi connectivity index (χ4v) is 4.37. The van der Waals surface area contributed by atoms with Crippen molar-refractivity contribution in [3.8, 4) is 21.9 Å². The zero-order valence-corrected chi connectivity index (χ0v) is 18.5. The van der Waals surface area contributed by atoms with Crippen LogP contribution in [0.4, 0.5) is 5.69 Å². The molecule has 0 atom stereocenters. The first-order valence-corrected chi connectivity index (χ1v) is 11.1. The number of rotatable bonds is 5. The summed E-state index contributed by atoms with van der Waals surface area (Å²) in [5, 5.41) is 6.82. The topological polar surface area (TPSA) is 57.1 Å². The van der Waals surface area contributed by atoms with E-state index in [0.29, 0.717) is 5.69 Å². The van der Waals surface area contributed by atoms with Gasteiger partial charge in [-0.15, -0.1) is 11.3 Å². The Kier molecular flexibility index (Phi) is 5.17. The molecular formula is C25H21N5OS. The van der Waals surface area contributed by atoms with Gasteiger partial charge >= 0.3 is 0 Å². The van der Waals surface area contributed by atoms with E-state index in [0.717, 1.165) is 33.2 Å². The molecule has 7 heteroatoms. The highest BCUT2D eigenvalue weighted by atomic mass is 32.1. The maximum atomic E-state index is 13.2. The molecule has 0 bridgehead atoms. The van der Waals surface area contributed by atoms with Gasteiger partial charge < -0.3 is 0 Å². The molecule has 0 radical (unpaired) electrons. The highest BCUT2D eigenvalue weighted by Gasteiger charge is 2.16. The van der Waals surface area contributed by atoms with E-state index >= 15 is 0 Å². The van der Waals surface area contributed by atoms with Crippen molar-refractivity contribution in [2.24, 2.45) is 12.0 Å². The lowest BCUT2D eigenvalue weighted by Gasteiger charge is -2.07. The number of aromatic nitrogens is 4. The Balaban J connectivity index is 1.60. The minimum atomic E-state index is -0.152. The van der Waals surface area contributed by atoms with E-state index in [1.807, 2.05) is 108 Å². The number of thiophene rings is 1. The molecule has 0 amide bonds. The maximum Gasteiger partial charge on any atom is 0.297 e. The fourth-order valence-electron chi connectivity index (χ4n) is 3.64. The van der Waals surface area contributed by atoms with E-state index in [1.165, 1.54) is 0 Å². The molecule has 0 saturated heterocycles. The summed E-state index contributed by atoms with van der Waals surface area (Å²) in [4.78, 5) is 18.9. The van der Waals surface area contributed by atoms with Crippen molar-refractivity contribution in [1.29, 1.82) is 0 Å². The standard InChI is InChI=1S/C25H21N5OS/c1-18-23(25(31)30(28(18)2)21-12-7-4-8-13-21)26-16-19-17-29(20-10-5-3-6-11-20)27-24(19)22-14-9-15-32-22/h3-17H,1-2H3.